The highest BCUT2D eigenvalue weighted by Crippen LogP contribution is 2.20. The second-order valence-corrected chi connectivity index (χ2v) is 5.55. The van der Waals surface area contributed by atoms with E-state index in [1.54, 1.807) is 6.07 Å². The minimum Gasteiger partial charge on any atom is -0.370 e. The first-order valence-electron chi connectivity index (χ1n) is 8.02. The van der Waals surface area contributed by atoms with Gasteiger partial charge >= 0.3 is 0 Å². The average molecular weight is 340 g/mol. The van der Waals surface area contributed by atoms with E-state index in [9.17, 15) is 8.78 Å². The molecule has 4 nitrogen and oxygen atoms in total. The van der Waals surface area contributed by atoms with Gasteiger partial charge in [0.25, 0.3) is 0 Å². The highest BCUT2D eigenvalue weighted by molar-refractivity contribution is 5.59. The minimum absolute atomic E-state index is 0.162. The quantitative estimate of drug-likeness (QED) is 0.620. The summed E-state index contributed by atoms with van der Waals surface area (Å²) >= 11 is 0. The summed E-state index contributed by atoms with van der Waals surface area (Å²) in [4.78, 5) is 8.20. The number of aromatic nitrogens is 2. The van der Waals surface area contributed by atoms with Gasteiger partial charge in [-0.1, -0.05) is 30.3 Å². The maximum atomic E-state index is 13.7. The van der Waals surface area contributed by atoms with Crippen LogP contribution in [0.5, 0.6) is 0 Å². The van der Waals surface area contributed by atoms with Crippen molar-refractivity contribution in [3.63, 3.8) is 0 Å². The summed E-state index contributed by atoms with van der Waals surface area (Å²) in [6.45, 7) is 0.760. The van der Waals surface area contributed by atoms with Crippen LogP contribution in [0.25, 0.3) is 0 Å². The molecule has 0 unspecified atom stereocenters. The first-order chi connectivity index (χ1) is 12.2. The number of hydrogen-bond acceptors (Lipinski definition) is 4. The van der Waals surface area contributed by atoms with Crippen molar-refractivity contribution < 1.29 is 8.78 Å². The van der Waals surface area contributed by atoms with E-state index in [2.05, 4.69) is 32.7 Å². The highest BCUT2D eigenvalue weighted by Gasteiger charge is 2.05. The molecular formula is C19H18F2N4. The number of anilines is 3. The van der Waals surface area contributed by atoms with Crippen LogP contribution < -0.4 is 10.6 Å². The Balaban J connectivity index is 1.54. The maximum absolute atomic E-state index is 13.7. The normalized spacial score (nSPS) is 10.5. The molecule has 3 aromatic rings. The molecule has 2 aromatic carbocycles. The molecule has 0 bridgehead atoms. The van der Waals surface area contributed by atoms with Gasteiger partial charge in [0.1, 0.15) is 29.6 Å². The fraction of sp³-hybridized carbons (Fsp3) is 0.158. The van der Waals surface area contributed by atoms with Crippen LogP contribution in [0.1, 0.15) is 12.0 Å². The lowest BCUT2D eigenvalue weighted by atomic mass is 10.1. The van der Waals surface area contributed by atoms with Crippen molar-refractivity contribution in [3.05, 3.63) is 78.1 Å². The molecule has 0 fully saturated rings. The first kappa shape index (κ1) is 16.8. The molecule has 1 heterocycles. The Kier molecular flexibility index (Phi) is 5.51. The van der Waals surface area contributed by atoms with Crippen LogP contribution in [0.15, 0.2) is 60.9 Å². The zero-order chi connectivity index (χ0) is 17.5. The van der Waals surface area contributed by atoms with Gasteiger partial charge in [-0.3, -0.25) is 0 Å². The summed E-state index contributed by atoms with van der Waals surface area (Å²) in [5.41, 5.74) is 1.45. The molecule has 0 saturated heterocycles. The van der Waals surface area contributed by atoms with Gasteiger partial charge in [0.2, 0.25) is 0 Å². The van der Waals surface area contributed by atoms with Crippen molar-refractivity contribution >= 4 is 17.3 Å². The standard InChI is InChI=1S/C19H18F2N4/c20-15-8-9-17(16(21)11-15)25-19-12-18(23-13-24-19)22-10-4-7-14-5-2-1-3-6-14/h1-3,5-6,8-9,11-13H,4,7,10H2,(H2,22,23,24,25). The molecule has 25 heavy (non-hydrogen) atoms. The monoisotopic (exact) mass is 340 g/mol. The Bertz CT molecular complexity index is 825. The van der Waals surface area contributed by atoms with Gasteiger partial charge in [-0.2, -0.15) is 0 Å². The summed E-state index contributed by atoms with van der Waals surface area (Å²) in [7, 11) is 0. The van der Waals surface area contributed by atoms with Gasteiger partial charge in [0.05, 0.1) is 5.69 Å². The van der Waals surface area contributed by atoms with E-state index in [4.69, 9.17) is 0 Å². The number of halogens is 2. The van der Waals surface area contributed by atoms with Crippen LogP contribution in [0.2, 0.25) is 0 Å². The van der Waals surface area contributed by atoms with Crippen molar-refractivity contribution in [2.75, 3.05) is 17.2 Å². The zero-order valence-electron chi connectivity index (χ0n) is 13.5. The molecule has 0 aliphatic rings. The maximum Gasteiger partial charge on any atom is 0.149 e. The summed E-state index contributed by atoms with van der Waals surface area (Å²) < 4.78 is 26.6. The van der Waals surface area contributed by atoms with Crippen LogP contribution in [0, 0.1) is 11.6 Å². The molecule has 128 valence electrons. The van der Waals surface area contributed by atoms with Crippen LogP contribution in [-0.2, 0) is 6.42 Å². The zero-order valence-corrected chi connectivity index (χ0v) is 13.5. The van der Waals surface area contributed by atoms with Gasteiger partial charge in [-0.15, -0.1) is 0 Å². The van der Waals surface area contributed by atoms with Gasteiger partial charge in [0, 0.05) is 18.7 Å². The van der Waals surface area contributed by atoms with Crippen molar-refractivity contribution in [2.24, 2.45) is 0 Å². The molecular weight excluding hydrogens is 322 g/mol. The summed E-state index contributed by atoms with van der Waals surface area (Å²) in [6, 6.07) is 15.3. The van der Waals surface area contributed by atoms with Gasteiger partial charge in [-0.05, 0) is 30.5 Å². The van der Waals surface area contributed by atoms with E-state index in [1.807, 2.05) is 18.2 Å². The third-order valence-electron chi connectivity index (χ3n) is 3.65. The Labute approximate surface area is 145 Å². The van der Waals surface area contributed by atoms with Gasteiger partial charge < -0.3 is 10.6 Å². The topological polar surface area (TPSA) is 49.8 Å². The molecule has 2 N–H and O–H groups in total. The largest absolute Gasteiger partial charge is 0.370 e. The number of nitrogens with zero attached hydrogens (tertiary/aromatic N) is 2. The Morgan fingerprint density at radius 2 is 1.68 bits per heavy atom. The minimum atomic E-state index is -0.670. The van der Waals surface area contributed by atoms with E-state index >= 15 is 0 Å². The molecule has 0 amide bonds. The lowest BCUT2D eigenvalue weighted by Crippen LogP contribution is -2.06. The second kappa shape index (κ2) is 8.19. The molecule has 0 spiro atoms. The predicted molar refractivity (Wildman–Crippen MR) is 94.9 cm³/mol. The number of hydrogen-bond donors (Lipinski definition) is 2. The fourth-order valence-electron chi connectivity index (χ4n) is 2.40. The van der Waals surface area contributed by atoms with E-state index in [0.717, 1.165) is 25.5 Å². The lowest BCUT2D eigenvalue weighted by Gasteiger charge is -2.09. The summed E-state index contributed by atoms with van der Waals surface area (Å²) in [6.07, 6.45) is 3.33. The Morgan fingerprint density at radius 1 is 0.880 bits per heavy atom. The lowest BCUT2D eigenvalue weighted by molar-refractivity contribution is 0.586. The smallest absolute Gasteiger partial charge is 0.149 e. The van der Waals surface area contributed by atoms with Crippen LogP contribution in [0.3, 0.4) is 0 Å². The molecule has 3 rings (SSSR count). The van der Waals surface area contributed by atoms with E-state index < -0.39 is 11.6 Å². The van der Waals surface area contributed by atoms with E-state index in [-0.39, 0.29) is 5.69 Å². The highest BCUT2D eigenvalue weighted by atomic mass is 19.1. The van der Waals surface area contributed by atoms with Crippen molar-refractivity contribution in [1.82, 2.24) is 9.97 Å². The molecule has 0 saturated carbocycles. The van der Waals surface area contributed by atoms with Gasteiger partial charge in [-0.25, -0.2) is 18.7 Å². The predicted octanol–water partition coefficient (Wildman–Crippen LogP) is 4.54. The Hall–Kier alpha value is -3.02. The van der Waals surface area contributed by atoms with Crippen LogP contribution >= 0.6 is 0 Å². The molecule has 6 heteroatoms. The summed E-state index contributed by atoms with van der Waals surface area (Å²) in [5, 5.41) is 6.04. The van der Waals surface area contributed by atoms with Crippen LogP contribution in [-0.4, -0.2) is 16.5 Å². The fourth-order valence-corrected chi connectivity index (χ4v) is 2.40. The Morgan fingerprint density at radius 3 is 2.48 bits per heavy atom. The van der Waals surface area contributed by atoms with Crippen molar-refractivity contribution in [1.29, 1.82) is 0 Å². The van der Waals surface area contributed by atoms with E-state index in [0.29, 0.717) is 11.6 Å². The average Bonchev–Trinajstić information content (AvgIpc) is 2.62. The summed E-state index contributed by atoms with van der Waals surface area (Å²) in [5.74, 6) is -0.207. The van der Waals surface area contributed by atoms with Crippen molar-refractivity contribution in [3.8, 4) is 0 Å². The SMILES string of the molecule is Fc1ccc(Nc2cc(NCCCc3ccccc3)ncn2)c(F)c1. The van der Waals surface area contributed by atoms with Gasteiger partial charge in [0.15, 0.2) is 0 Å². The molecule has 0 radical (unpaired) electrons. The molecule has 0 aliphatic heterocycles. The van der Waals surface area contributed by atoms with E-state index in [1.165, 1.54) is 24.0 Å². The van der Waals surface area contributed by atoms with Crippen LogP contribution in [0.4, 0.5) is 26.1 Å². The number of rotatable bonds is 7. The molecule has 0 aliphatic carbocycles. The number of aryl methyl sites for hydroxylation is 1. The third-order valence-corrected chi connectivity index (χ3v) is 3.65. The number of nitrogens with one attached hydrogen (secondary N) is 2. The molecule has 0 atom stereocenters. The number of benzene rings is 2. The first-order valence-corrected chi connectivity index (χ1v) is 8.02. The second-order valence-electron chi connectivity index (χ2n) is 5.55. The molecule has 1 aromatic heterocycles. The van der Waals surface area contributed by atoms with Crippen molar-refractivity contribution in [2.45, 2.75) is 12.8 Å². The third kappa shape index (κ3) is 4.97.